The predicted molar refractivity (Wildman–Crippen MR) is 87.2 cm³/mol. The highest BCUT2D eigenvalue weighted by atomic mass is 16.6. The largest absolute Gasteiger partial charge is 0.444 e. The normalized spacial score (nSPS) is 15.9. The van der Waals surface area contributed by atoms with Crippen molar-refractivity contribution in [2.45, 2.75) is 52.2 Å². The van der Waals surface area contributed by atoms with Gasteiger partial charge in [0, 0.05) is 13.1 Å². The van der Waals surface area contributed by atoms with Gasteiger partial charge in [0.25, 0.3) is 0 Å². The van der Waals surface area contributed by atoms with Crippen molar-refractivity contribution in [3.63, 3.8) is 0 Å². The Morgan fingerprint density at radius 3 is 2.70 bits per heavy atom. The Morgan fingerprint density at radius 1 is 1.48 bits per heavy atom. The number of carbonyl (C=O) groups is 2. The second-order valence-electron chi connectivity index (χ2n) is 7.12. The molecule has 2 rings (SSSR count). The molecular formula is C16H26N4O3. The van der Waals surface area contributed by atoms with E-state index in [2.05, 4.69) is 17.3 Å². The van der Waals surface area contributed by atoms with E-state index < -0.39 is 11.7 Å². The predicted octanol–water partition coefficient (Wildman–Crippen LogP) is 2.66. The van der Waals surface area contributed by atoms with Crippen LogP contribution in [-0.4, -0.2) is 45.9 Å². The van der Waals surface area contributed by atoms with Crippen molar-refractivity contribution in [3.8, 4) is 0 Å². The van der Waals surface area contributed by atoms with Crippen LogP contribution in [-0.2, 0) is 9.53 Å². The van der Waals surface area contributed by atoms with E-state index in [9.17, 15) is 9.59 Å². The average Bonchev–Trinajstić information content (AvgIpc) is 3.16. The van der Waals surface area contributed by atoms with Gasteiger partial charge < -0.3 is 15.0 Å². The summed E-state index contributed by atoms with van der Waals surface area (Å²) in [7, 11) is 1.54. The van der Waals surface area contributed by atoms with Crippen molar-refractivity contribution in [1.29, 1.82) is 0 Å². The van der Waals surface area contributed by atoms with E-state index in [4.69, 9.17) is 4.74 Å². The summed E-state index contributed by atoms with van der Waals surface area (Å²) in [6, 6.07) is 2.04. The molecule has 128 valence electrons. The minimum Gasteiger partial charge on any atom is -0.444 e. The van der Waals surface area contributed by atoms with Crippen molar-refractivity contribution in [2.75, 3.05) is 18.9 Å². The second kappa shape index (κ2) is 6.60. The van der Waals surface area contributed by atoms with Gasteiger partial charge in [0.05, 0.1) is 12.2 Å². The molecule has 1 fully saturated rings. The fraction of sp³-hybridized carbons (Fsp3) is 0.688. The van der Waals surface area contributed by atoms with Gasteiger partial charge in [-0.15, -0.1) is 0 Å². The lowest BCUT2D eigenvalue weighted by molar-refractivity contribution is -0.117. The molecule has 2 amide bonds. The van der Waals surface area contributed by atoms with E-state index in [0.29, 0.717) is 11.7 Å². The van der Waals surface area contributed by atoms with Crippen molar-refractivity contribution >= 4 is 17.8 Å². The number of nitrogens with zero attached hydrogens (tertiary/aromatic N) is 3. The molecule has 1 aliphatic rings. The van der Waals surface area contributed by atoms with Crippen molar-refractivity contribution in [3.05, 3.63) is 12.3 Å². The van der Waals surface area contributed by atoms with Crippen molar-refractivity contribution in [2.24, 2.45) is 5.92 Å². The van der Waals surface area contributed by atoms with E-state index in [1.165, 1.54) is 24.8 Å². The molecule has 0 spiro atoms. The second-order valence-corrected chi connectivity index (χ2v) is 7.12. The number of ether oxygens (including phenoxy) is 1. The zero-order valence-corrected chi connectivity index (χ0v) is 14.5. The summed E-state index contributed by atoms with van der Waals surface area (Å²) in [4.78, 5) is 25.3. The van der Waals surface area contributed by atoms with Gasteiger partial charge in [-0.2, -0.15) is 5.10 Å². The highest BCUT2D eigenvalue weighted by Gasteiger charge is 2.31. The maximum atomic E-state index is 12.1. The van der Waals surface area contributed by atoms with Gasteiger partial charge in [-0.1, -0.05) is 0 Å². The molecule has 1 aliphatic carbocycles. The van der Waals surface area contributed by atoms with Gasteiger partial charge in [0.15, 0.2) is 0 Å². The minimum atomic E-state index is -0.583. The molecule has 7 heteroatoms. The smallest absolute Gasteiger partial charge is 0.410 e. The molecule has 1 aromatic rings. The fourth-order valence-electron chi connectivity index (χ4n) is 2.32. The van der Waals surface area contributed by atoms with Crippen LogP contribution in [0.15, 0.2) is 12.3 Å². The molecule has 1 N–H and O–H groups in total. The van der Waals surface area contributed by atoms with E-state index in [1.54, 1.807) is 33.0 Å². The molecule has 1 heterocycles. The molecule has 0 aliphatic heterocycles. The van der Waals surface area contributed by atoms with Crippen LogP contribution in [0, 0.1) is 5.92 Å². The van der Waals surface area contributed by atoms with Gasteiger partial charge >= 0.3 is 6.09 Å². The molecule has 0 saturated heterocycles. The summed E-state index contributed by atoms with van der Waals surface area (Å²) < 4.78 is 7.06. The standard InChI is InChI=1S/C16H26N4O3/c1-11(12-6-7-12)20-13(8-9-17-20)18-14(21)10-19(5)15(22)23-16(2,3)4/h8-9,11-12H,6-7,10H2,1-5H3,(H,18,21)/t11-/m1/s1. The van der Waals surface area contributed by atoms with E-state index in [1.807, 2.05) is 4.68 Å². The summed E-state index contributed by atoms with van der Waals surface area (Å²) >= 11 is 0. The molecule has 23 heavy (non-hydrogen) atoms. The molecule has 0 unspecified atom stereocenters. The highest BCUT2D eigenvalue weighted by molar-refractivity contribution is 5.93. The Hall–Kier alpha value is -2.05. The Labute approximate surface area is 137 Å². The summed E-state index contributed by atoms with van der Waals surface area (Å²) in [6.45, 7) is 7.40. The van der Waals surface area contributed by atoms with E-state index >= 15 is 0 Å². The maximum absolute atomic E-state index is 12.1. The number of anilines is 1. The van der Waals surface area contributed by atoms with Gasteiger partial charge in [-0.3, -0.25) is 4.79 Å². The van der Waals surface area contributed by atoms with Crippen LogP contribution < -0.4 is 5.32 Å². The van der Waals surface area contributed by atoms with Crippen LogP contribution in [0.3, 0.4) is 0 Å². The Morgan fingerprint density at radius 2 is 2.13 bits per heavy atom. The number of aromatic nitrogens is 2. The Kier molecular flexibility index (Phi) is 4.97. The Bertz CT molecular complexity index is 572. The number of likely N-dealkylation sites (N-methyl/N-ethyl adjacent to an activating group) is 1. The maximum Gasteiger partial charge on any atom is 0.410 e. The van der Waals surface area contributed by atoms with Crippen molar-refractivity contribution in [1.82, 2.24) is 14.7 Å². The number of amides is 2. The number of carbonyl (C=O) groups excluding carboxylic acids is 2. The van der Waals surface area contributed by atoms with Crippen LogP contribution in [0.1, 0.15) is 46.6 Å². The SMILES string of the molecule is C[C@H](C1CC1)n1nccc1NC(=O)CN(C)C(=O)OC(C)(C)C. The summed E-state index contributed by atoms with van der Waals surface area (Å²) in [6.07, 6.45) is 3.56. The number of nitrogens with one attached hydrogen (secondary N) is 1. The van der Waals surface area contributed by atoms with E-state index in [0.717, 1.165) is 0 Å². The number of rotatable bonds is 5. The first-order valence-corrected chi connectivity index (χ1v) is 7.95. The fourth-order valence-corrected chi connectivity index (χ4v) is 2.32. The first-order chi connectivity index (χ1) is 10.7. The zero-order valence-electron chi connectivity index (χ0n) is 14.5. The molecule has 1 atom stereocenters. The first kappa shape index (κ1) is 17.3. The lowest BCUT2D eigenvalue weighted by Crippen LogP contribution is -2.39. The lowest BCUT2D eigenvalue weighted by atomic mass is 10.2. The first-order valence-electron chi connectivity index (χ1n) is 7.95. The molecule has 1 aromatic heterocycles. The van der Waals surface area contributed by atoms with Crippen LogP contribution in [0.5, 0.6) is 0 Å². The van der Waals surface area contributed by atoms with Crippen LogP contribution >= 0.6 is 0 Å². The Balaban J connectivity index is 1.90. The minimum absolute atomic E-state index is 0.0715. The number of hydrogen-bond donors (Lipinski definition) is 1. The van der Waals surface area contributed by atoms with E-state index in [-0.39, 0.29) is 18.5 Å². The zero-order chi connectivity index (χ0) is 17.2. The van der Waals surface area contributed by atoms with Gasteiger partial charge in [0.2, 0.25) is 5.91 Å². The molecule has 0 bridgehead atoms. The van der Waals surface area contributed by atoms with Crippen molar-refractivity contribution < 1.29 is 14.3 Å². The number of hydrogen-bond acceptors (Lipinski definition) is 4. The van der Waals surface area contributed by atoms with Gasteiger partial charge in [-0.05, 0) is 46.5 Å². The highest BCUT2D eigenvalue weighted by Crippen LogP contribution is 2.40. The van der Waals surface area contributed by atoms with Gasteiger partial charge in [0.1, 0.15) is 18.0 Å². The monoisotopic (exact) mass is 322 g/mol. The lowest BCUT2D eigenvalue weighted by Gasteiger charge is -2.24. The topological polar surface area (TPSA) is 76.5 Å². The molecular weight excluding hydrogens is 296 g/mol. The molecule has 0 radical (unpaired) electrons. The summed E-state index contributed by atoms with van der Waals surface area (Å²) in [5.74, 6) is 1.02. The van der Waals surface area contributed by atoms with Crippen LogP contribution in [0.4, 0.5) is 10.6 Å². The third kappa shape index (κ3) is 4.97. The summed E-state index contributed by atoms with van der Waals surface area (Å²) in [5.41, 5.74) is -0.583. The van der Waals surface area contributed by atoms with Gasteiger partial charge in [-0.25, -0.2) is 9.48 Å². The molecule has 1 saturated carbocycles. The van der Waals surface area contributed by atoms with Crippen LogP contribution in [0.2, 0.25) is 0 Å². The summed E-state index contributed by atoms with van der Waals surface area (Å²) in [5, 5.41) is 7.10. The third-order valence-corrected chi connectivity index (χ3v) is 3.71. The molecule has 0 aromatic carbocycles. The van der Waals surface area contributed by atoms with Crippen LogP contribution in [0.25, 0.3) is 0 Å². The third-order valence-electron chi connectivity index (χ3n) is 3.71. The average molecular weight is 322 g/mol. The quantitative estimate of drug-likeness (QED) is 0.904. The molecule has 7 nitrogen and oxygen atoms in total.